The van der Waals surface area contributed by atoms with E-state index in [9.17, 15) is 28.1 Å². The smallest absolute Gasteiger partial charge is 0.406 e. The lowest BCUT2D eigenvalue weighted by Crippen LogP contribution is -2.49. The van der Waals surface area contributed by atoms with Crippen molar-refractivity contribution in [2.45, 2.75) is 6.36 Å². The van der Waals surface area contributed by atoms with Gasteiger partial charge < -0.3 is 19.5 Å². The Balaban J connectivity index is 1.42. The lowest BCUT2D eigenvalue weighted by Gasteiger charge is -2.35. The number of fused-ring (bicyclic) bond motifs is 1. The lowest BCUT2D eigenvalue weighted by atomic mass is 10.2. The van der Waals surface area contributed by atoms with Gasteiger partial charge in [-0.05, 0) is 24.3 Å². The number of piperazine rings is 1. The van der Waals surface area contributed by atoms with E-state index in [0.29, 0.717) is 42.9 Å². The summed E-state index contributed by atoms with van der Waals surface area (Å²) in [6.45, 7) is 1.77. The van der Waals surface area contributed by atoms with Gasteiger partial charge in [0, 0.05) is 49.2 Å². The molecule has 0 aliphatic carbocycles. The summed E-state index contributed by atoms with van der Waals surface area (Å²) in [5.41, 5.74) is 0.528. The number of aromatic nitrogens is 2. The predicted molar refractivity (Wildman–Crippen MR) is 104 cm³/mol. The lowest BCUT2D eigenvalue weighted by molar-refractivity contribution is -0.385. The number of carbonyl (C=O) groups excluding carboxylic acids is 1. The number of benzene rings is 1. The first-order valence-electron chi connectivity index (χ1n) is 9.23. The van der Waals surface area contributed by atoms with Crippen LogP contribution in [0.1, 0.15) is 10.5 Å². The zero-order chi connectivity index (χ0) is 22.2. The van der Waals surface area contributed by atoms with Gasteiger partial charge in [-0.25, -0.2) is 4.98 Å². The first kappa shape index (κ1) is 20.4. The Morgan fingerprint density at radius 1 is 1.13 bits per heavy atom. The number of hydrogen-bond donors (Lipinski definition) is 1. The maximum absolute atomic E-state index is 12.8. The number of amides is 1. The molecule has 1 aliphatic rings. The number of rotatable bonds is 4. The molecule has 0 spiro atoms. The largest absolute Gasteiger partial charge is 0.573 e. The highest BCUT2D eigenvalue weighted by Crippen LogP contribution is 2.27. The number of nitrogens with one attached hydrogen (secondary N) is 1. The molecule has 1 aliphatic heterocycles. The molecule has 3 aromatic rings. The summed E-state index contributed by atoms with van der Waals surface area (Å²) in [5.74, 6) is -0.0589. The molecule has 1 saturated heterocycles. The molecule has 31 heavy (non-hydrogen) atoms. The molecule has 1 aromatic carbocycles. The predicted octanol–water partition coefficient (Wildman–Crippen LogP) is 3.33. The molecule has 0 atom stereocenters. The van der Waals surface area contributed by atoms with Crippen molar-refractivity contribution in [3.8, 4) is 5.75 Å². The highest BCUT2D eigenvalue weighted by Gasteiger charge is 2.31. The SMILES string of the molecule is O=C(c1cc2ccc(OC(F)(F)F)cc2[nH]1)N1CCN(c2ccc([N+](=O)[O-])cn2)CC1. The minimum atomic E-state index is -4.79. The van der Waals surface area contributed by atoms with Crippen LogP contribution in [0.15, 0.2) is 42.6 Å². The summed E-state index contributed by atoms with van der Waals surface area (Å²) < 4.78 is 41.1. The summed E-state index contributed by atoms with van der Waals surface area (Å²) in [4.78, 5) is 33.5. The van der Waals surface area contributed by atoms with Gasteiger partial charge >= 0.3 is 6.36 Å². The molecule has 2 aromatic heterocycles. The maximum Gasteiger partial charge on any atom is 0.573 e. The van der Waals surface area contributed by atoms with Crippen molar-refractivity contribution in [3.63, 3.8) is 0 Å². The standard InChI is InChI=1S/C19H16F3N5O4/c20-19(21,22)31-14-3-1-12-9-16(24-15(12)10-14)18(28)26-7-5-25(6-8-26)17-4-2-13(11-23-17)27(29)30/h1-4,9-11,24H,5-8H2. The molecule has 0 unspecified atom stereocenters. The van der Waals surface area contributed by atoms with E-state index in [1.54, 1.807) is 17.0 Å². The van der Waals surface area contributed by atoms with Crippen molar-refractivity contribution >= 4 is 28.3 Å². The number of pyridine rings is 1. The summed E-state index contributed by atoms with van der Waals surface area (Å²) in [6.07, 6.45) is -3.61. The number of hydrogen-bond acceptors (Lipinski definition) is 6. The number of alkyl halides is 3. The second-order valence-electron chi connectivity index (χ2n) is 6.89. The van der Waals surface area contributed by atoms with Gasteiger partial charge in [0.25, 0.3) is 11.6 Å². The summed E-state index contributed by atoms with van der Waals surface area (Å²) >= 11 is 0. The van der Waals surface area contributed by atoms with Crippen molar-refractivity contribution in [2.24, 2.45) is 0 Å². The average Bonchev–Trinajstić information content (AvgIpc) is 3.15. The van der Waals surface area contributed by atoms with Crippen LogP contribution in [0, 0.1) is 10.1 Å². The normalized spacial score (nSPS) is 14.7. The molecular weight excluding hydrogens is 419 g/mol. The monoisotopic (exact) mass is 435 g/mol. The third kappa shape index (κ3) is 4.52. The molecule has 162 valence electrons. The number of aromatic amines is 1. The van der Waals surface area contributed by atoms with Crippen molar-refractivity contribution in [1.82, 2.24) is 14.9 Å². The van der Waals surface area contributed by atoms with E-state index in [0.717, 1.165) is 0 Å². The number of ether oxygens (including phenoxy) is 1. The molecule has 0 saturated carbocycles. The Morgan fingerprint density at radius 3 is 2.48 bits per heavy atom. The van der Waals surface area contributed by atoms with Crippen LogP contribution in [0.2, 0.25) is 0 Å². The van der Waals surface area contributed by atoms with E-state index < -0.39 is 11.3 Å². The van der Waals surface area contributed by atoms with Crippen LogP contribution in [-0.4, -0.2) is 58.2 Å². The molecule has 9 nitrogen and oxygen atoms in total. The Kier molecular flexibility index (Phi) is 5.13. The Bertz CT molecular complexity index is 1120. The quantitative estimate of drug-likeness (QED) is 0.498. The van der Waals surface area contributed by atoms with Gasteiger partial charge in [-0.2, -0.15) is 0 Å². The molecule has 4 rings (SSSR count). The van der Waals surface area contributed by atoms with Crippen molar-refractivity contribution in [2.75, 3.05) is 31.1 Å². The minimum absolute atomic E-state index is 0.0971. The van der Waals surface area contributed by atoms with E-state index >= 15 is 0 Å². The second kappa shape index (κ2) is 7.78. The summed E-state index contributed by atoms with van der Waals surface area (Å²) in [7, 11) is 0. The second-order valence-corrected chi connectivity index (χ2v) is 6.89. The van der Waals surface area contributed by atoms with E-state index in [2.05, 4.69) is 14.7 Å². The van der Waals surface area contributed by atoms with Gasteiger partial charge in [0.2, 0.25) is 0 Å². The first-order valence-corrected chi connectivity index (χ1v) is 9.23. The van der Waals surface area contributed by atoms with Crippen molar-refractivity contribution in [1.29, 1.82) is 0 Å². The van der Waals surface area contributed by atoms with Crippen LogP contribution >= 0.6 is 0 Å². The number of carbonyl (C=O) groups is 1. The van der Waals surface area contributed by atoms with E-state index in [1.807, 2.05) is 4.90 Å². The fourth-order valence-corrected chi connectivity index (χ4v) is 3.40. The van der Waals surface area contributed by atoms with Crippen molar-refractivity contribution < 1.29 is 27.6 Å². The average molecular weight is 435 g/mol. The van der Waals surface area contributed by atoms with Gasteiger partial charge in [0.1, 0.15) is 23.5 Å². The zero-order valence-electron chi connectivity index (χ0n) is 15.9. The Morgan fingerprint density at radius 2 is 1.87 bits per heavy atom. The highest BCUT2D eigenvalue weighted by atomic mass is 19.4. The zero-order valence-corrected chi connectivity index (χ0v) is 15.9. The van der Waals surface area contributed by atoms with E-state index in [4.69, 9.17) is 0 Å². The Labute approximate surface area is 173 Å². The molecule has 3 heterocycles. The number of anilines is 1. The first-order chi connectivity index (χ1) is 14.7. The third-order valence-electron chi connectivity index (χ3n) is 4.89. The topological polar surface area (TPSA) is 105 Å². The number of nitrogens with zero attached hydrogens (tertiary/aromatic N) is 4. The molecule has 12 heteroatoms. The van der Waals surface area contributed by atoms with Gasteiger partial charge in [0.15, 0.2) is 0 Å². The van der Waals surface area contributed by atoms with Crippen LogP contribution in [0.3, 0.4) is 0 Å². The summed E-state index contributed by atoms with van der Waals surface area (Å²) in [6, 6.07) is 8.35. The molecule has 1 amide bonds. The van der Waals surface area contributed by atoms with Crippen LogP contribution < -0.4 is 9.64 Å². The van der Waals surface area contributed by atoms with Gasteiger partial charge in [-0.3, -0.25) is 14.9 Å². The maximum atomic E-state index is 12.8. The van der Waals surface area contributed by atoms with Gasteiger partial charge in [-0.15, -0.1) is 13.2 Å². The molecule has 0 radical (unpaired) electrons. The molecule has 1 N–H and O–H groups in total. The fourth-order valence-electron chi connectivity index (χ4n) is 3.40. The third-order valence-corrected chi connectivity index (χ3v) is 4.89. The van der Waals surface area contributed by atoms with Gasteiger partial charge in [0.05, 0.1) is 4.92 Å². The van der Waals surface area contributed by atoms with Crippen LogP contribution in [0.4, 0.5) is 24.7 Å². The Hall–Kier alpha value is -3.83. The fraction of sp³-hybridized carbons (Fsp3) is 0.263. The van der Waals surface area contributed by atoms with Crippen LogP contribution in [-0.2, 0) is 0 Å². The van der Waals surface area contributed by atoms with Gasteiger partial charge in [-0.1, -0.05) is 0 Å². The minimum Gasteiger partial charge on any atom is -0.406 e. The number of H-pyrrole nitrogens is 1. The highest BCUT2D eigenvalue weighted by molar-refractivity contribution is 5.98. The molecule has 1 fully saturated rings. The number of nitro groups is 1. The van der Waals surface area contributed by atoms with E-state index in [-0.39, 0.29) is 23.0 Å². The summed E-state index contributed by atoms with van der Waals surface area (Å²) in [5, 5.41) is 11.3. The molecule has 0 bridgehead atoms. The van der Waals surface area contributed by atoms with Crippen LogP contribution in [0.5, 0.6) is 5.75 Å². The van der Waals surface area contributed by atoms with Crippen molar-refractivity contribution in [3.05, 3.63) is 58.4 Å². The van der Waals surface area contributed by atoms with E-state index in [1.165, 1.54) is 30.5 Å². The van der Waals surface area contributed by atoms with Crippen LogP contribution in [0.25, 0.3) is 10.9 Å². The molecular formula is C19H16F3N5O4. The number of halogens is 3.